The van der Waals surface area contributed by atoms with Crippen molar-refractivity contribution >= 4 is 0 Å². The molecule has 0 amide bonds. The van der Waals surface area contributed by atoms with E-state index in [1.165, 1.54) is 12.1 Å². The van der Waals surface area contributed by atoms with Gasteiger partial charge in [-0.2, -0.15) is 14.0 Å². The van der Waals surface area contributed by atoms with E-state index in [2.05, 4.69) is 16.1 Å². The Balaban J connectivity index is 2.91. The van der Waals surface area contributed by atoms with Crippen LogP contribution in [0.3, 0.4) is 0 Å². The third-order valence-corrected chi connectivity index (χ3v) is 2.60. The molecule has 1 aromatic rings. The van der Waals surface area contributed by atoms with Gasteiger partial charge in [-0.25, -0.2) is 0 Å². The van der Waals surface area contributed by atoms with Gasteiger partial charge >= 0.3 is 6.61 Å². The molecule has 0 aliphatic carbocycles. The van der Waals surface area contributed by atoms with Crippen molar-refractivity contribution < 1.29 is 23.0 Å². The highest BCUT2D eigenvalue weighted by molar-refractivity contribution is 5.45. The van der Waals surface area contributed by atoms with Crippen molar-refractivity contribution in [2.75, 3.05) is 26.9 Å². The standard InChI is InChI=1S/C14H18F2N2O3/c1-3-20-13-8-10(4-5-12(13)21-14(15)16)11(9-17)18-6-7-19-2/h4-5,8,11,14,18H,3,6-7H2,1-2H3. The molecular formula is C14H18F2N2O3. The minimum Gasteiger partial charge on any atom is -0.490 e. The number of hydrogen-bond donors (Lipinski definition) is 1. The highest BCUT2D eigenvalue weighted by Crippen LogP contribution is 2.31. The normalized spacial score (nSPS) is 12.0. The number of nitrogens with zero attached hydrogens (tertiary/aromatic N) is 1. The van der Waals surface area contributed by atoms with Crippen LogP contribution in [0.4, 0.5) is 8.78 Å². The van der Waals surface area contributed by atoms with Crippen molar-refractivity contribution in [3.8, 4) is 17.6 Å². The van der Waals surface area contributed by atoms with Crippen LogP contribution in [-0.2, 0) is 4.74 Å². The molecule has 5 nitrogen and oxygen atoms in total. The van der Waals surface area contributed by atoms with E-state index in [-0.39, 0.29) is 11.5 Å². The quantitative estimate of drug-likeness (QED) is 0.710. The Morgan fingerprint density at radius 2 is 2.10 bits per heavy atom. The van der Waals surface area contributed by atoms with Crippen LogP contribution in [0.2, 0.25) is 0 Å². The van der Waals surface area contributed by atoms with E-state index >= 15 is 0 Å². The monoisotopic (exact) mass is 300 g/mol. The van der Waals surface area contributed by atoms with Crippen LogP contribution in [0.25, 0.3) is 0 Å². The zero-order valence-corrected chi connectivity index (χ0v) is 11.9. The number of halogens is 2. The number of alkyl halides is 2. The summed E-state index contributed by atoms with van der Waals surface area (Å²) in [4.78, 5) is 0. The average molecular weight is 300 g/mol. The number of methoxy groups -OCH3 is 1. The van der Waals surface area contributed by atoms with Gasteiger partial charge in [-0.3, -0.25) is 5.32 Å². The Labute approximate surface area is 122 Å². The van der Waals surface area contributed by atoms with Gasteiger partial charge in [0.1, 0.15) is 6.04 Å². The minimum atomic E-state index is -2.93. The molecule has 1 rings (SSSR count). The summed E-state index contributed by atoms with van der Waals surface area (Å²) < 4.78 is 39.2. The number of benzene rings is 1. The molecule has 0 radical (unpaired) electrons. The third-order valence-electron chi connectivity index (χ3n) is 2.60. The summed E-state index contributed by atoms with van der Waals surface area (Å²) in [5.74, 6) is 0.133. The molecule has 1 aromatic carbocycles. The first-order valence-electron chi connectivity index (χ1n) is 6.45. The van der Waals surface area contributed by atoms with Gasteiger partial charge in [0.05, 0.1) is 19.3 Å². The van der Waals surface area contributed by atoms with Crippen molar-refractivity contribution in [3.63, 3.8) is 0 Å². The maximum atomic E-state index is 12.3. The molecule has 0 aliphatic heterocycles. The van der Waals surface area contributed by atoms with E-state index in [1.807, 2.05) is 0 Å². The van der Waals surface area contributed by atoms with Crippen LogP contribution in [-0.4, -0.2) is 33.5 Å². The Kier molecular flexibility index (Phi) is 7.43. The first-order valence-corrected chi connectivity index (χ1v) is 6.45. The molecule has 1 unspecified atom stereocenters. The average Bonchev–Trinajstić information content (AvgIpc) is 2.45. The van der Waals surface area contributed by atoms with Crippen molar-refractivity contribution in [3.05, 3.63) is 23.8 Å². The first-order chi connectivity index (χ1) is 10.1. The molecule has 116 valence electrons. The lowest BCUT2D eigenvalue weighted by Gasteiger charge is -2.16. The smallest absolute Gasteiger partial charge is 0.387 e. The van der Waals surface area contributed by atoms with Gasteiger partial charge in [0.15, 0.2) is 11.5 Å². The molecule has 7 heteroatoms. The second kappa shape index (κ2) is 9.10. The van der Waals surface area contributed by atoms with Crippen molar-refractivity contribution in [2.45, 2.75) is 19.6 Å². The van der Waals surface area contributed by atoms with Crippen LogP contribution in [0, 0.1) is 11.3 Å². The molecule has 0 bridgehead atoms. The number of nitrogens with one attached hydrogen (secondary N) is 1. The SMILES string of the molecule is CCOc1cc(C(C#N)NCCOC)ccc1OC(F)F. The van der Waals surface area contributed by atoms with E-state index in [9.17, 15) is 8.78 Å². The molecule has 21 heavy (non-hydrogen) atoms. The number of hydrogen-bond acceptors (Lipinski definition) is 5. The summed E-state index contributed by atoms with van der Waals surface area (Å²) >= 11 is 0. The largest absolute Gasteiger partial charge is 0.490 e. The Morgan fingerprint density at radius 3 is 2.67 bits per heavy atom. The summed E-state index contributed by atoms with van der Waals surface area (Å²) in [6.07, 6.45) is 0. The predicted octanol–water partition coefficient (Wildman–Crippen LogP) is 2.49. The van der Waals surface area contributed by atoms with E-state index in [4.69, 9.17) is 14.7 Å². The van der Waals surface area contributed by atoms with Crippen molar-refractivity contribution in [1.29, 1.82) is 5.26 Å². The number of ether oxygens (including phenoxy) is 3. The fourth-order valence-corrected chi connectivity index (χ4v) is 1.71. The lowest BCUT2D eigenvalue weighted by atomic mass is 10.1. The molecule has 0 saturated heterocycles. The summed E-state index contributed by atoms with van der Waals surface area (Å²) in [6.45, 7) is 0.0629. The van der Waals surface area contributed by atoms with Gasteiger partial charge in [0.25, 0.3) is 0 Å². The molecule has 0 heterocycles. The predicted molar refractivity (Wildman–Crippen MR) is 72.5 cm³/mol. The maximum Gasteiger partial charge on any atom is 0.387 e. The van der Waals surface area contributed by atoms with Gasteiger partial charge in [-0.15, -0.1) is 0 Å². The fraction of sp³-hybridized carbons (Fsp3) is 0.500. The molecule has 0 aliphatic rings. The van der Waals surface area contributed by atoms with Crippen molar-refractivity contribution in [2.24, 2.45) is 0 Å². The lowest BCUT2D eigenvalue weighted by molar-refractivity contribution is -0.0514. The van der Waals surface area contributed by atoms with Gasteiger partial charge in [0.2, 0.25) is 0 Å². The molecule has 1 atom stereocenters. The summed E-state index contributed by atoms with van der Waals surface area (Å²) in [7, 11) is 1.56. The third kappa shape index (κ3) is 5.53. The molecule has 0 saturated carbocycles. The second-order valence-corrected chi connectivity index (χ2v) is 4.03. The molecule has 0 fully saturated rings. The van der Waals surface area contributed by atoms with Crippen LogP contribution in [0.15, 0.2) is 18.2 Å². The van der Waals surface area contributed by atoms with Gasteiger partial charge < -0.3 is 14.2 Å². The molecular weight excluding hydrogens is 282 g/mol. The minimum absolute atomic E-state index is 0.0517. The Morgan fingerprint density at radius 1 is 1.33 bits per heavy atom. The fourth-order valence-electron chi connectivity index (χ4n) is 1.71. The van der Waals surface area contributed by atoms with E-state index < -0.39 is 12.7 Å². The molecule has 1 N–H and O–H groups in total. The lowest BCUT2D eigenvalue weighted by Crippen LogP contribution is -2.24. The molecule has 0 aromatic heterocycles. The molecule has 0 spiro atoms. The van der Waals surface area contributed by atoms with Gasteiger partial charge in [0, 0.05) is 13.7 Å². The zero-order chi connectivity index (χ0) is 15.7. The summed E-state index contributed by atoms with van der Waals surface area (Å²) in [5, 5.41) is 12.2. The van der Waals surface area contributed by atoms with Crippen LogP contribution in [0.5, 0.6) is 11.5 Å². The van der Waals surface area contributed by atoms with Crippen LogP contribution >= 0.6 is 0 Å². The van der Waals surface area contributed by atoms with E-state index in [1.54, 1.807) is 20.1 Å². The highest BCUT2D eigenvalue weighted by atomic mass is 19.3. The van der Waals surface area contributed by atoms with E-state index in [0.29, 0.717) is 25.3 Å². The number of nitriles is 1. The highest BCUT2D eigenvalue weighted by Gasteiger charge is 2.16. The van der Waals surface area contributed by atoms with Gasteiger partial charge in [-0.05, 0) is 24.6 Å². The Bertz CT molecular complexity index is 478. The van der Waals surface area contributed by atoms with Crippen LogP contribution in [0.1, 0.15) is 18.5 Å². The van der Waals surface area contributed by atoms with Gasteiger partial charge in [-0.1, -0.05) is 6.07 Å². The van der Waals surface area contributed by atoms with Crippen LogP contribution < -0.4 is 14.8 Å². The number of rotatable bonds is 9. The zero-order valence-electron chi connectivity index (χ0n) is 11.9. The Hall–Kier alpha value is -1.91. The first kappa shape index (κ1) is 17.1. The summed E-state index contributed by atoms with van der Waals surface area (Å²) in [5.41, 5.74) is 0.610. The summed E-state index contributed by atoms with van der Waals surface area (Å²) in [6, 6.07) is 5.95. The second-order valence-electron chi connectivity index (χ2n) is 4.03. The van der Waals surface area contributed by atoms with E-state index in [0.717, 1.165) is 0 Å². The van der Waals surface area contributed by atoms with Crippen molar-refractivity contribution in [1.82, 2.24) is 5.32 Å². The topological polar surface area (TPSA) is 63.5 Å². The maximum absolute atomic E-state index is 12.3.